The predicted octanol–water partition coefficient (Wildman–Crippen LogP) is 4.60. The summed E-state index contributed by atoms with van der Waals surface area (Å²) in [5, 5.41) is 3.26. The molecule has 23 heavy (non-hydrogen) atoms. The first-order valence-electron chi connectivity index (χ1n) is 7.52. The van der Waals surface area contributed by atoms with Crippen molar-refractivity contribution in [1.29, 1.82) is 0 Å². The first-order valence-corrected chi connectivity index (χ1v) is 9.60. The molecule has 116 valence electrons. The van der Waals surface area contributed by atoms with E-state index in [4.69, 9.17) is 11.6 Å². The highest BCUT2D eigenvalue weighted by Crippen LogP contribution is 2.44. The van der Waals surface area contributed by atoms with Crippen LogP contribution in [0.25, 0.3) is 0 Å². The highest BCUT2D eigenvalue weighted by Gasteiger charge is 2.32. The van der Waals surface area contributed by atoms with Crippen molar-refractivity contribution in [3.8, 4) is 0 Å². The molecule has 0 fully saturated rings. The third kappa shape index (κ3) is 2.87. The van der Waals surface area contributed by atoms with Gasteiger partial charge < -0.3 is 4.57 Å². The van der Waals surface area contributed by atoms with E-state index < -0.39 is 7.14 Å². The van der Waals surface area contributed by atoms with Crippen LogP contribution in [-0.2, 0) is 4.57 Å². The number of rotatable bonds is 3. The smallest absolute Gasteiger partial charge is 0.171 e. The van der Waals surface area contributed by atoms with E-state index in [9.17, 15) is 4.57 Å². The summed E-state index contributed by atoms with van der Waals surface area (Å²) in [6.45, 7) is 3.96. The summed E-state index contributed by atoms with van der Waals surface area (Å²) in [5.41, 5.74) is 1.93. The molecule has 3 heteroatoms. The van der Waals surface area contributed by atoms with Crippen molar-refractivity contribution in [2.45, 2.75) is 13.8 Å². The minimum atomic E-state index is -2.93. The van der Waals surface area contributed by atoms with Gasteiger partial charge in [0.15, 0.2) is 7.14 Å². The summed E-state index contributed by atoms with van der Waals surface area (Å²) in [5.74, 6) is 0. The lowest BCUT2D eigenvalue weighted by Gasteiger charge is -2.24. The lowest BCUT2D eigenvalue weighted by atomic mass is 10.1. The molecular formula is C20H18ClOP. The zero-order valence-corrected chi connectivity index (χ0v) is 14.8. The molecule has 0 saturated carbocycles. The Labute approximate surface area is 142 Å². The van der Waals surface area contributed by atoms with E-state index in [0.29, 0.717) is 5.02 Å². The summed E-state index contributed by atoms with van der Waals surface area (Å²) in [4.78, 5) is 0. The average molecular weight is 341 g/mol. The molecular weight excluding hydrogens is 323 g/mol. The summed E-state index contributed by atoms with van der Waals surface area (Å²) in [6.07, 6.45) is 0. The molecule has 3 rings (SSSR count). The SMILES string of the molecule is Cc1cc(Cl)cc(C)c1P(=O)(c1ccccc1)c1ccccc1. The largest absolute Gasteiger partial charge is 0.309 e. The van der Waals surface area contributed by atoms with Gasteiger partial charge in [-0.2, -0.15) is 0 Å². The molecule has 0 atom stereocenters. The fraction of sp³-hybridized carbons (Fsp3) is 0.100. The molecule has 1 nitrogen and oxygen atoms in total. The summed E-state index contributed by atoms with van der Waals surface area (Å²) in [6, 6.07) is 23.2. The molecule has 0 aliphatic carbocycles. The van der Waals surface area contributed by atoms with Gasteiger partial charge >= 0.3 is 0 Å². The average Bonchev–Trinajstić information content (AvgIpc) is 2.55. The van der Waals surface area contributed by atoms with Crippen LogP contribution in [0.5, 0.6) is 0 Å². The molecule has 0 aliphatic heterocycles. The molecule has 3 aromatic carbocycles. The van der Waals surface area contributed by atoms with Crippen LogP contribution in [0.4, 0.5) is 0 Å². The molecule has 0 aliphatic rings. The number of aryl methyl sites for hydroxylation is 2. The molecule has 0 unspecified atom stereocenters. The fourth-order valence-electron chi connectivity index (χ4n) is 3.08. The second-order valence-electron chi connectivity index (χ2n) is 5.67. The normalized spacial score (nSPS) is 11.4. The maximum Gasteiger partial charge on any atom is 0.171 e. The second kappa shape index (κ2) is 6.35. The Morgan fingerprint density at radius 1 is 0.739 bits per heavy atom. The van der Waals surface area contributed by atoms with Crippen LogP contribution in [-0.4, -0.2) is 0 Å². The Morgan fingerprint density at radius 2 is 1.13 bits per heavy atom. The molecule has 0 N–H and O–H groups in total. The molecule has 0 amide bonds. The van der Waals surface area contributed by atoms with Crippen molar-refractivity contribution in [2.75, 3.05) is 0 Å². The van der Waals surface area contributed by atoms with Gasteiger partial charge in [0.05, 0.1) is 0 Å². The topological polar surface area (TPSA) is 17.1 Å². The third-order valence-electron chi connectivity index (χ3n) is 4.01. The fourth-order valence-corrected chi connectivity index (χ4v) is 6.53. The Kier molecular flexibility index (Phi) is 4.43. The van der Waals surface area contributed by atoms with Gasteiger partial charge in [-0.15, -0.1) is 0 Å². The molecule has 0 bridgehead atoms. The Bertz CT molecular complexity index is 806. The maximum atomic E-state index is 14.3. The lowest BCUT2D eigenvalue weighted by molar-refractivity contribution is 0.592. The first kappa shape index (κ1) is 16.1. The molecule has 0 heterocycles. The zero-order chi connectivity index (χ0) is 16.4. The van der Waals surface area contributed by atoms with Gasteiger partial charge in [0.1, 0.15) is 0 Å². The van der Waals surface area contributed by atoms with Crippen molar-refractivity contribution in [1.82, 2.24) is 0 Å². The van der Waals surface area contributed by atoms with Crippen LogP contribution in [0.1, 0.15) is 11.1 Å². The van der Waals surface area contributed by atoms with Crippen LogP contribution < -0.4 is 15.9 Å². The van der Waals surface area contributed by atoms with E-state index in [1.54, 1.807) is 0 Å². The molecule has 0 radical (unpaired) electrons. The molecule has 3 aromatic rings. The van der Waals surface area contributed by atoms with Crippen LogP contribution in [0.3, 0.4) is 0 Å². The van der Waals surface area contributed by atoms with Gasteiger partial charge in [0, 0.05) is 20.9 Å². The molecule has 0 aromatic heterocycles. The summed E-state index contributed by atoms with van der Waals surface area (Å²) >= 11 is 6.17. The van der Waals surface area contributed by atoms with E-state index >= 15 is 0 Å². The van der Waals surface area contributed by atoms with Crippen molar-refractivity contribution >= 4 is 34.7 Å². The molecule has 0 spiro atoms. The van der Waals surface area contributed by atoms with Crippen LogP contribution in [0.2, 0.25) is 5.02 Å². The standard InChI is InChI=1S/C20H18ClOP/c1-15-13-17(21)14-16(2)20(15)23(22,18-9-5-3-6-10-18)19-11-7-4-8-12-19/h3-14H,1-2H3. The third-order valence-corrected chi connectivity index (χ3v) is 7.61. The van der Waals surface area contributed by atoms with Crippen LogP contribution >= 0.6 is 18.7 Å². The van der Waals surface area contributed by atoms with E-state index in [0.717, 1.165) is 27.0 Å². The summed E-state index contributed by atoms with van der Waals surface area (Å²) in [7, 11) is -2.93. The quantitative estimate of drug-likeness (QED) is 0.637. The number of hydrogen-bond acceptors (Lipinski definition) is 1. The van der Waals surface area contributed by atoms with Gasteiger partial charge in [-0.25, -0.2) is 0 Å². The lowest BCUT2D eigenvalue weighted by Crippen LogP contribution is -2.28. The van der Waals surface area contributed by atoms with Gasteiger partial charge in [-0.05, 0) is 37.1 Å². The predicted molar refractivity (Wildman–Crippen MR) is 100 cm³/mol. The Hall–Kier alpha value is -1.82. The molecule has 0 saturated heterocycles. The van der Waals surface area contributed by atoms with Gasteiger partial charge in [0.25, 0.3) is 0 Å². The first-order chi connectivity index (χ1) is 11.0. The minimum absolute atomic E-state index is 0.677. The van der Waals surface area contributed by atoms with Crippen molar-refractivity contribution in [3.05, 3.63) is 88.9 Å². The Morgan fingerprint density at radius 3 is 1.52 bits per heavy atom. The monoisotopic (exact) mass is 340 g/mol. The van der Waals surface area contributed by atoms with E-state index in [2.05, 4.69) is 0 Å². The van der Waals surface area contributed by atoms with Crippen LogP contribution in [0.15, 0.2) is 72.8 Å². The number of halogens is 1. The minimum Gasteiger partial charge on any atom is -0.309 e. The Balaban J connectivity index is 2.38. The number of benzene rings is 3. The van der Waals surface area contributed by atoms with Crippen molar-refractivity contribution < 1.29 is 4.57 Å². The number of hydrogen-bond donors (Lipinski definition) is 0. The van der Waals surface area contributed by atoms with E-state index in [1.807, 2.05) is 86.6 Å². The highest BCUT2D eigenvalue weighted by molar-refractivity contribution is 7.85. The van der Waals surface area contributed by atoms with Crippen LogP contribution in [0, 0.1) is 13.8 Å². The van der Waals surface area contributed by atoms with Crippen molar-refractivity contribution in [2.24, 2.45) is 0 Å². The van der Waals surface area contributed by atoms with E-state index in [-0.39, 0.29) is 0 Å². The maximum absolute atomic E-state index is 14.3. The summed E-state index contributed by atoms with van der Waals surface area (Å²) < 4.78 is 14.3. The van der Waals surface area contributed by atoms with Gasteiger partial charge in [-0.3, -0.25) is 0 Å². The second-order valence-corrected chi connectivity index (χ2v) is 8.80. The highest BCUT2D eigenvalue weighted by atomic mass is 35.5. The van der Waals surface area contributed by atoms with Gasteiger partial charge in [0.2, 0.25) is 0 Å². The zero-order valence-electron chi connectivity index (χ0n) is 13.2. The van der Waals surface area contributed by atoms with Crippen molar-refractivity contribution in [3.63, 3.8) is 0 Å². The van der Waals surface area contributed by atoms with Gasteiger partial charge in [-0.1, -0.05) is 72.3 Å². The van der Waals surface area contributed by atoms with E-state index in [1.165, 1.54) is 0 Å².